The normalized spacial score (nSPS) is 10.4. The van der Waals surface area contributed by atoms with E-state index >= 15 is 0 Å². The molecule has 2 aromatic rings. The van der Waals surface area contributed by atoms with E-state index in [2.05, 4.69) is 15.1 Å². The Morgan fingerprint density at radius 3 is 2.95 bits per heavy atom. The van der Waals surface area contributed by atoms with Crippen molar-refractivity contribution >= 4 is 17.6 Å². The summed E-state index contributed by atoms with van der Waals surface area (Å²) in [6.07, 6.45) is 1.50. The van der Waals surface area contributed by atoms with E-state index < -0.39 is 11.1 Å². The lowest BCUT2D eigenvalue weighted by Gasteiger charge is -2.06. The molecule has 2 heterocycles. The van der Waals surface area contributed by atoms with Crippen LogP contribution in [0.15, 0.2) is 38.0 Å². The van der Waals surface area contributed by atoms with Gasteiger partial charge in [-0.3, -0.25) is 29.8 Å². The number of amidine groups is 1. The lowest BCUT2D eigenvalue weighted by Crippen LogP contribution is -2.33. The zero-order valence-corrected chi connectivity index (χ0v) is 10.7. The number of rotatable bonds is 3. The first kappa shape index (κ1) is 13.0. The first-order valence-electron chi connectivity index (χ1n) is 5.13. The van der Waals surface area contributed by atoms with E-state index in [0.29, 0.717) is 15.7 Å². The molecule has 0 aromatic carbocycles. The van der Waals surface area contributed by atoms with Gasteiger partial charge in [-0.1, -0.05) is 11.8 Å². The lowest BCUT2D eigenvalue weighted by molar-refractivity contribution is 0.596. The highest BCUT2D eigenvalue weighted by molar-refractivity contribution is 7.99. The third kappa shape index (κ3) is 2.88. The number of nitrogen functional groups attached to an aromatic ring is 1. The van der Waals surface area contributed by atoms with Crippen LogP contribution in [0.4, 0.5) is 0 Å². The van der Waals surface area contributed by atoms with E-state index in [9.17, 15) is 9.59 Å². The summed E-state index contributed by atoms with van der Waals surface area (Å²) in [5.41, 5.74) is 4.06. The van der Waals surface area contributed by atoms with Gasteiger partial charge in [-0.15, -0.1) is 0 Å². The summed E-state index contributed by atoms with van der Waals surface area (Å²) >= 11 is 1.16. The number of nitrogens with zero attached hydrogens (tertiary/aromatic N) is 3. The molecular formula is C10H10N6O2S. The molecule has 0 unspecified atom stereocenters. The Kier molecular flexibility index (Phi) is 3.47. The Labute approximate surface area is 111 Å². The SMILES string of the molecule is Cn1[nH]c(=O)c(=O)nc1Sc1ccnc(C(=N)N)c1. The largest absolute Gasteiger partial charge is 0.382 e. The van der Waals surface area contributed by atoms with Gasteiger partial charge in [-0.25, -0.2) is 0 Å². The fraction of sp³-hybridized carbons (Fsp3) is 0.100. The molecule has 0 atom stereocenters. The van der Waals surface area contributed by atoms with Gasteiger partial charge in [0.2, 0.25) is 0 Å². The number of nitrogens with one attached hydrogen (secondary N) is 2. The summed E-state index contributed by atoms with van der Waals surface area (Å²) in [4.78, 5) is 30.6. The molecule has 2 aromatic heterocycles. The van der Waals surface area contributed by atoms with Crippen LogP contribution >= 0.6 is 11.8 Å². The molecule has 0 bridgehead atoms. The summed E-state index contributed by atoms with van der Waals surface area (Å²) < 4.78 is 1.35. The number of H-pyrrole nitrogens is 1. The first-order valence-corrected chi connectivity index (χ1v) is 5.94. The minimum absolute atomic E-state index is 0.147. The van der Waals surface area contributed by atoms with Gasteiger partial charge in [0, 0.05) is 18.1 Å². The Morgan fingerprint density at radius 2 is 2.26 bits per heavy atom. The van der Waals surface area contributed by atoms with Crippen LogP contribution in [-0.4, -0.2) is 25.6 Å². The Bertz CT molecular complexity index is 750. The zero-order valence-electron chi connectivity index (χ0n) is 9.88. The van der Waals surface area contributed by atoms with E-state index in [4.69, 9.17) is 11.1 Å². The van der Waals surface area contributed by atoms with Gasteiger partial charge in [-0.2, -0.15) is 4.98 Å². The van der Waals surface area contributed by atoms with Crippen LogP contribution in [0, 0.1) is 5.41 Å². The fourth-order valence-corrected chi connectivity index (χ4v) is 2.10. The maximum absolute atomic E-state index is 11.2. The molecule has 0 fully saturated rings. The van der Waals surface area contributed by atoms with Gasteiger partial charge >= 0.3 is 11.1 Å². The lowest BCUT2D eigenvalue weighted by atomic mass is 10.3. The zero-order chi connectivity index (χ0) is 14.0. The van der Waals surface area contributed by atoms with Gasteiger partial charge < -0.3 is 5.73 Å². The molecule has 0 saturated carbocycles. The van der Waals surface area contributed by atoms with Gasteiger partial charge in [-0.05, 0) is 12.1 Å². The number of hydrogen-bond donors (Lipinski definition) is 3. The molecule has 0 radical (unpaired) electrons. The van der Waals surface area contributed by atoms with Gasteiger partial charge in [0.1, 0.15) is 11.5 Å². The summed E-state index contributed by atoms with van der Waals surface area (Å²) in [5, 5.41) is 9.98. The molecule has 0 saturated heterocycles. The number of nitrogens with two attached hydrogens (primary N) is 1. The molecule has 0 amide bonds. The average Bonchev–Trinajstić information content (AvgIpc) is 2.36. The van der Waals surface area contributed by atoms with Gasteiger partial charge in [0.05, 0.1) is 0 Å². The third-order valence-electron chi connectivity index (χ3n) is 2.16. The topological polar surface area (TPSA) is 131 Å². The quantitative estimate of drug-likeness (QED) is 0.386. The van der Waals surface area contributed by atoms with Gasteiger partial charge in [0.15, 0.2) is 5.16 Å². The van der Waals surface area contributed by atoms with Crippen molar-refractivity contribution in [3.05, 3.63) is 44.7 Å². The van der Waals surface area contributed by atoms with Gasteiger partial charge in [0.25, 0.3) is 0 Å². The second-order valence-electron chi connectivity index (χ2n) is 3.59. The van der Waals surface area contributed by atoms with Crippen molar-refractivity contribution in [3.8, 4) is 0 Å². The van der Waals surface area contributed by atoms with Crippen LogP contribution in [0.1, 0.15) is 5.69 Å². The van der Waals surface area contributed by atoms with Crippen molar-refractivity contribution in [2.75, 3.05) is 0 Å². The third-order valence-corrected chi connectivity index (χ3v) is 3.20. The van der Waals surface area contributed by atoms with Crippen molar-refractivity contribution in [1.82, 2.24) is 19.7 Å². The predicted octanol–water partition coefficient (Wildman–Crippen LogP) is -0.701. The fourth-order valence-electron chi connectivity index (χ4n) is 1.28. The van der Waals surface area contributed by atoms with Crippen molar-refractivity contribution in [1.29, 1.82) is 5.41 Å². The van der Waals surface area contributed by atoms with Crippen LogP contribution in [0.3, 0.4) is 0 Å². The number of aromatic amines is 1. The maximum Gasteiger partial charge on any atom is 0.339 e. The number of aromatic nitrogens is 4. The van der Waals surface area contributed by atoms with E-state index in [0.717, 1.165) is 11.8 Å². The van der Waals surface area contributed by atoms with Crippen molar-refractivity contribution in [2.45, 2.75) is 10.1 Å². The second-order valence-corrected chi connectivity index (χ2v) is 4.63. The standard InChI is InChI=1S/C10H10N6O2S/c1-16-10(14-8(17)9(18)15-16)19-5-2-3-13-6(4-5)7(11)12/h2-4H,1H3,(H3,11,12)(H,15,18). The molecule has 19 heavy (non-hydrogen) atoms. The van der Waals surface area contributed by atoms with Crippen LogP contribution in [0.5, 0.6) is 0 Å². The number of pyridine rings is 1. The average molecular weight is 278 g/mol. The van der Waals surface area contributed by atoms with E-state index in [1.54, 1.807) is 19.2 Å². The maximum atomic E-state index is 11.2. The van der Waals surface area contributed by atoms with E-state index in [-0.39, 0.29) is 5.84 Å². The summed E-state index contributed by atoms with van der Waals surface area (Å²) in [7, 11) is 1.57. The first-order chi connectivity index (χ1) is 8.97. The Morgan fingerprint density at radius 1 is 1.53 bits per heavy atom. The molecule has 2 rings (SSSR count). The molecule has 0 aliphatic heterocycles. The van der Waals surface area contributed by atoms with Crippen molar-refractivity contribution in [2.24, 2.45) is 12.8 Å². The van der Waals surface area contributed by atoms with Crippen LogP contribution in [0.2, 0.25) is 0 Å². The Hall–Kier alpha value is -2.42. The monoisotopic (exact) mass is 278 g/mol. The van der Waals surface area contributed by atoms with Crippen molar-refractivity contribution < 1.29 is 0 Å². The molecule has 0 spiro atoms. The number of aryl methyl sites for hydroxylation is 1. The Balaban J connectivity index is 2.39. The highest BCUT2D eigenvalue weighted by Crippen LogP contribution is 2.23. The smallest absolute Gasteiger partial charge is 0.339 e. The molecule has 0 aliphatic rings. The molecule has 8 nitrogen and oxygen atoms in total. The molecule has 9 heteroatoms. The molecular weight excluding hydrogens is 268 g/mol. The summed E-state index contributed by atoms with van der Waals surface area (Å²) in [5.74, 6) is -0.147. The number of hydrogen-bond acceptors (Lipinski definition) is 6. The van der Waals surface area contributed by atoms with Crippen molar-refractivity contribution in [3.63, 3.8) is 0 Å². The van der Waals surface area contributed by atoms with E-state index in [1.807, 2.05) is 0 Å². The summed E-state index contributed by atoms with van der Waals surface area (Å²) in [6.45, 7) is 0. The highest BCUT2D eigenvalue weighted by Gasteiger charge is 2.07. The van der Waals surface area contributed by atoms with Crippen LogP contribution < -0.4 is 16.9 Å². The second kappa shape index (κ2) is 5.06. The molecule has 0 aliphatic carbocycles. The highest BCUT2D eigenvalue weighted by atomic mass is 32.2. The van der Waals surface area contributed by atoms with Crippen LogP contribution in [-0.2, 0) is 7.05 Å². The minimum atomic E-state index is -0.846. The minimum Gasteiger partial charge on any atom is -0.382 e. The molecule has 98 valence electrons. The summed E-state index contributed by atoms with van der Waals surface area (Å²) in [6, 6.07) is 3.29. The molecule has 4 N–H and O–H groups in total. The van der Waals surface area contributed by atoms with E-state index in [1.165, 1.54) is 10.9 Å². The predicted molar refractivity (Wildman–Crippen MR) is 69.5 cm³/mol. The van der Waals surface area contributed by atoms with Crippen LogP contribution in [0.25, 0.3) is 0 Å².